The van der Waals surface area contributed by atoms with E-state index in [0.717, 1.165) is 28.5 Å². The number of rotatable bonds is 7. The highest BCUT2D eigenvalue weighted by Crippen LogP contribution is 2.08. The number of nitrogens with zero attached hydrogens (tertiary/aromatic N) is 1. The highest BCUT2D eigenvalue weighted by Gasteiger charge is 2.22. The predicted octanol–water partition coefficient (Wildman–Crippen LogP) is 1.93. The van der Waals surface area contributed by atoms with Crippen molar-refractivity contribution in [2.75, 3.05) is 36.6 Å². The summed E-state index contributed by atoms with van der Waals surface area (Å²) >= 11 is 8.18. The fourth-order valence-electron chi connectivity index (χ4n) is 1.09. The third kappa shape index (κ3) is 4.20. The van der Waals surface area contributed by atoms with Crippen LogP contribution in [0, 0.1) is 0 Å². The number of halogens is 3. The number of nitrogens with one attached hydrogen (secondary N) is 1. The maximum absolute atomic E-state index is 11.7. The fraction of sp³-hybridized carbons (Fsp3) is 1.00. The van der Waals surface area contributed by atoms with E-state index in [0.29, 0.717) is 12.5 Å². The first-order valence-corrected chi connectivity index (χ1v) is 6.11. The minimum Gasteiger partial charge on any atom is -0.309 e. The molecule has 0 aromatic heterocycles. The molecule has 0 rings (SSSR count). The minimum atomic E-state index is 0.386. The van der Waals surface area contributed by atoms with Crippen LogP contribution in [-0.4, -0.2) is 41.1 Å². The van der Waals surface area contributed by atoms with Gasteiger partial charge in [0, 0.05) is 4.43 Å². The summed E-state index contributed by atoms with van der Waals surface area (Å²) in [5.41, 5.74) is 1.67. The number of likely N-dealkylation sites (N-methyl/N-ethyl adjacent to an activating group) is 1. The molecule has 0 bridgehead atoms. The molecule has 0 aliphatic carbocycles. The topological polar surface area (TPSA) is 12.0 Å². The predicted molar refractivity (Wildman–Crippen MR) is 59.3 cm³/mol. The highest BCUT2D eigenvalue weighted by molar-refractivity contribution is 14.1. The summed E-state index contributed by atoms with van der Waals surface area (Å²) in [7, 11) is 0. The second-order valence-corrected chi connectivity index (χ2v) is 4.12. The lowest BCUT2D eigenvalue weighted by molar-refractivity contribution is -0.912. The summed E-state index contributed by atoms with van der Waals surface area (Å²) in [6.45, 7) is 5.22. The Labute approximate surface area is 92.1 Å². The Bertz CT molecular complexity index is 112. The molecule has 5 heteroatoms. The Kier molecular flexibility index (Phi) is 7.82. The first-order valence-electron chi connectivity index (χ1n) is 4.05. The van der Waals surface area contributed by atoms with E-state index in [1.54, 1.807) is 5.54 Å². The van der Waals surface area contributed by atoms with Gasteiger partial charge >= 0.3 is 0 Å². The molecule has 1 N–H and O–H groups in total. The smallest absolute Gasteiger partial charge is 0.154 e. The van der Waals surface area contributed by atoms with Crippen molar-refractivity contribution in [1.29, 1.82) is 0 Å². The zero-order valence-electron chi connectivity index (χ0n) is 7.32. The molecular formula is C7H16ClFIN2+. The summed E-state index contributed by atoms with van der Waals surface area (Å²) in [4.78, 5) is 0. The average Bonchev–Trinajstić information content (AvgIpc) is 2.13. The largest absolute Gasteiger partial charge is 0.309 e. The molecule has 0 spiro atoms. The molecule has 0 aromatic rings. The molecule has 0 radical (unpaired) electrons. The molecule has 74 valence electrons. The number of hydrogen-bond acceptors (Lipinski definition) is 1. The van der Waals surface area contributed by atoms with E-state index in [1.807, 2.05) is 0 Å². The zero-order chi connectivity index (χ0) is 9.45. The van der Waals surface area contributed by atoms with Gasteiger partial charge < -0.3 is 4.48 Å². The molecule has 0 saturated carbocycles. The normalized spacial score (nSPS) is 16.0. The lowest BCUT2D eigenvalue weighted by Crippen LogP contribution is -2.51. The molecule has 0 aliphatic rings. The first-order chi connectivity index (χ1) is 5.74. The monoisotopic (exact) mass is 309 g/mol. The van der Waals surface area contributed by atoms with Crippen molar-refractivity contribution in [3.63, 3.8) is 0 Å². The molecule has 0 fully saturated rings. The third-order valence-corrected chi connectivity index (χ3v) is 3.15. The van der Waals surface area contributed by atoms with Gasteiger partial charge in [-0.05, 0) is 6.92 Å². The van der Waals surface area contributed by atoms with E-state index in [1.165, 1.54) is 0 Å². The second-order valence-electron chi connectivity index (χ2n) is 2.80. The van der Waals surface area contributed by atoms with Crippen molar-refractivity contribution in [1.82, 2.24) is 5.54 Å². The van der Waals surface area contributed by atoms with Gasteiger partial charge in [0.1, 0.15) is 0 Å². The van der Waals surface area contributed by atoms with Crippen LogP contribution in [-0.2, 0) is 0 Å². The Hall–Kier alpha value is 0.870. The van der Waals surface area contributed by atoms with Crippen LogP contribution in [0.5, 0.6) is 0 Å². The van der Waals surface area contributed by atoms with Gasteiger partial charge in [0.2, 0.25) is 0 Å². The highest BCUT2D eigenvalue weighted by atomic mass is 127. The SMILES string of the molecule is CC[N+](CCl)(CCI)CCNF. The summed E-state index contributed by atoms with van der Waals surface area (Å²) < 4.78 is 13.6. The van der Waals surface area contributed by atoms with Gasteiger partial charge in [-0.1, -0.05) is 34.2 Å². The van der Waals surface area contributed by atoms with Crippen molar-refractivity contribution in [2.45, 2.75) is 6.92 Å². The number of quaternary nitrogens is 1. The quantitative estimate of drug-likeness (QED) is 0.249. The molecule has 1 unspecified atom stereocenters. The van der Waals surface area contributed by atoms with Gasteiger partial charge in [0.25, 0.3) is 0 Å². The van der Waals surface area contributed by atoms with Crippen LogP contribution in [0.4, 0.5) is 4.48 Å². The maximum atomic E-state index is 11.7. The lowest BCUT2D eigenvalue weighted by Gasteiger charge is -2.34. The standard InChI is InChI=1S/C7H16ClFIN2/c1-2-12(7-8,5-3-10)6-4-11-9/h11H,2-7H2,1H3/q+1. The lowest BCUT2D eigenvalue weighted by atomic mass is 10.4. The van der Waals surface area contributed by atoms with Crippen molar-refractivity contribution in [3.8, 4) is 0 Å². The minimum absolute atomic E-state index is 0.386. The van der Waals surface area contributed by atoms with E-state index in [4.69, 9.17) is 11.6 Å². The summed E-state index contributed by atoms with van der Waals surface area (Å²) in [5, 5.41) is 0. The second kappa shape index (κ2) is 7.29. The Morgan fingerprint density at radius 1 is 1.50 bits per heavy atom. The average molecular weight is 310 g/mol. The number of hydrogen-bond donors (Lipinski definition) is 1. The summed E-state index contributed by atoms with van der Waals surface area (Å²) in [6.07, 6.45) is 0. The molecule has 2 nitrogen and oxygen atoms in total. The van der Waals surface area contributed by atoms with E-state index >= 15 is 0 Å². The van der Waals surface area contributed by atoms with E-state index in [-0.39, 0.29) is 0 Å². The van der Waals surface area contributed by atoms with Gasteiger partial charge in [0.05, 0.1) is 26.2 Å². The zero-order valence-corrected chi connectivity index (χ0v) is 10.2. The Balaban J connectivity index is 3.95. The Morgan fingerprint density at radius 2 is 2.17 bits per heavy atom. The van der Waals surface area contributed by atoms with Crippen LogP contribution < -0.4 is 5.54 Å². The Morgan fingerprint density at radius 3 is 2.50 bits per heavy atom. The molecule has 1 atom stereocenters. The molecule has 0 saturated heterocycles. The molecule has 0 amide bonds. The van der Waals surface area contributed by atoms with Crippen LogP contribution in [0.2, 0.25) is 0 Å². The van der Waals surface area contributed by atoms with Gasteiger partial charge in [-0.25, -0.2) is 0 Å². The van der Waals surface area contributed by atoms with Crippen LogP contribution in [0.15, 0.2) is 0 Å². The van der Waals surface area contributed by atoms with Gasteiger partial charge in [-0.3, -0.25) is 0 Å². The van der Waals surface area contributed by atoms with Crippen LogP contribution >= 0.6 is 34.2 Å². The van der Waals surface area contributed by atoms with Crippen molar-refractivity contribution in [3.05, 3.63) is 0 Å². The number of alkyl halides is 2. The maximum Gasteiger partial charge on any atom is 0.154 e. The van der Waals surface area contributed by atoms with Gasteiger partial charge in [-0.2, -0.15) is 5.54 Å². The van der Waals surface area contributed by atoms with Crippen LogP contribution in [0.1, 0.15) is 6.92 Å². The van der Waals surface area contributed by atoms with E-state index in [2.05, 4.69) is 29.5 Å². The molecule has 0 aliphatic heterocycles. The van der Waals surface area contributed by atoms with Crippen molar-refractivity contribution in [2.24, 2.45) is 0 Å². The summed E-state index contributed by atoms with van der Waals surface area (Å²) in [5.74, 6) is 0. The fourth-order valence-corrected chi connectivity index (χ4v) is 2.52. The van der Waals surface area contributed by atoms with Gasteiger partial charge in [0.15, 0.2) is 6.00 Å². The third-order valence-electron chi connectivity index (χ3n) is 2.16. The van der Waals surface area contributed by atoms with Crippen molar-refractivity contribution >= 4 is 34.2 Å². The van der Waals surface area contributed by atoms with Crippen LogP contribution in [0.25, 0.3) is 0 Å². The van der Waals surface area contributed by atoms with Crippen molar-refractivity contribution < 1.29 is 8.96 Å². The van der Waals surface area contributed by atoms with E-state index in [9.17, 15) is 4.48 Å². The molecule has 0 heterocycles. The van der Waals surface area contributed by atoms with Crippen LogP contribution in [0.3, 0.4) is 0 Å². The summed E-state index contributed by atoms with van der Waals surface area (Å²) in [6, 6.07) is 0.571. The molecular weight excluding hydrogens is 293 g/mol. The first kappa shape index (κ1) is 12.9. The van der Waals surface area contributed by atoms with Gasteiger partial charge in [-0.15, -0.1) is 4.48 Å². The molecule has 12 heavy (non-hydrogen) atoms. The van der Waals surface area contributed by atoms with E-state index < -0.39 is 0 Å². The molecule has 0 aromatic carbocycles.